The SMILES string of the molecule is CC[C@@H](C)Oc1cc2c(cc1OC)CC(=O)N(c1ccc(C(C)N(CC)C(=O)C3CCCC3)cc1)C2c1ccc(Cl)cc1. The Hall–Kier alpha value is -3.51. The van der Waals surface area contributed by atoms with Gasteiger partial charge in [-0.15, -0.1) is 0 Å². The van der Waals surface area contributed by atoms with Gasteiger partial charge in [-0.1, -0.05) is 55.6 Å². The Bertz CT molecular complexity index is 1430. The molecular weight excluding hydrogens is 560 g/mol. The van der Waals surface area contributed by atoms with E-state index in [0.29, 0.717) is 23.1 Å². The number of fused-ring (bicyclic) bond motifs is 1. The first-order valence-corrected chi connectivity index (χ1v) is 16.0. The van der Waals surface area contributed by atoms with Crippen LogP contribution in [0.1, 0.15) is 94.1 Å². The number of hydrogen-bond acceptors (Lipinski definition) is 4. The van der Waals surface area contributed by atoms with Gasteiger partial charge in [0.15, 0.2) is 11.5 Å². The standard InChI is InChI=1S/C36H43ClN2O4/c1-6-23(3)43-33-22-31-28(20-32(33)42-5)21-34(40)39(35(31)26-12-16-29(37)17-13-26)30-18-14-25(15-19-30)24(4)38(7-2)36(41)27-10-8-9-11-27/h12-20,22-24,27,35H,6-11,21H2,1-5H3/t23-,24?,35?/m1/s1. The number of anilines is 1. The number of ether oxygens (including phenoxy) is 2. The van der Waals surface area contributed by atoms with Crippen molar-refractivity contribution in [1.82, 2.24) is 4.90 Å². The summed E-state index contributed by atoms with van der Waals surface area (Å²) in [6, 6.07) is 19.3. The van der Waals surface area contributed by atoms with Crippen LogP contribution >= 0.6 is 11.6 Å². The summed E-state index contributed by atoms with van der Waals surface area (Å²) < 4.78 is 12.0. The third kappa shape index (κ3) is 6.40. The Morgan fingerprint density at radius 3 is 2.28 bits per heavy atom. The molecule has 0 bridgehead atoms. The molecule has 2 unspecified atom stereocenters. The Labute approximate surface area is 260 Å². The van der Waals surface area contributed by atoms with Crippen molar-refractivity contribution in [1.29, 1.82) is 0 Å². The second-order valence-corrected chi connectivity index (χ2v) is 12.2. The highest BCUT2D eigenvalue weighted by Gasteiger charge is 2.36. The summed E-state index contributed by atoms with van der Waals surface area (Å²) in [6.45, 7) is 8.93. The fourth-order valence-corrected chi connectivity index (χ4v) is 6.62. The molecular formula is C36H43ClN2O4. The van der Waals surface area contributed by atoms with Crippen LogP contribution in [0.3, 0.4) is 0 Å². The van der Waals surface area contributed by atoms with Crippen LogP contribution in [0, 0.1) is 5.92 Å². The second-order valence-electron chi connectivity index (χ2n) is 11.8. The van der Waals surface area contributed by atoms with Crippen molar-refractivity contribution < 1.29 is 19.1 Å². The molecule has 0 saturated heterocycles. The van der Waals surface area contributed by atoms with Gasteiger partial charge < -0.3 is 19.3 Å². The number of carbonyl (C=O) groups is 2. The van der Waals surface area contributed by atoms with Crippen LogP contribution in [0.15, 0.2) is 60.7 Å². The molecule has 1 heterocycles. The maximum absolute atomic E-state index is 13.9. The Balaban J connectivity index is 1.52. The molecule has 0 aromatic heterocycles. The Morgan fingerprint density at radius 1 is 1.00 bits per heavy atom. The molecule has 228 valence electrons. The van der Waals surface area contributed by atoms with Crippen LogP contribution in [0.2, 0.25) is 5.02 Å². The van der Waals surface area contributed by atoms with E-state index >= 15 is 0 Å². The van der Waals surface area contributed by atoms with Gasteiger partial charge in [-0.2, -0.15) is 0 Å². The van der Waals surface area contributed by atoms with Gasteiger partial charge in [0.2, 0.25) is 11.8 Å². The molecule has 7 heteroatoms. The van der Waals surface area contributed by atoms with Gasteiger partial charge in [0.1, 0.15) is 0 Å². The summed E-state index contributed by atoms with van der Waals surface area (Å²) in [5, 5.41) is 0.638. The number of rotatable bonds is 10. The number of nitrogens with zero attached hydrogens (tertiary/aromatic N) is 2. The largest absolute Gasteiger partial charge is 0.493 e. The van der Waals surface area contributed by atoms with E-state index in [1.807, 2.05) is 72.2 Å². The molecule has 5 rings (SSSR count). The van der Waals surface area contributed by atoms with Crippen molar-refractivity contribution in [2.24, 2.45) is 5.92 Å². The van der Waals surface area contributed by atoms with Crippen molar-refractivity contribution in [3.05, 3.63) is 87.9 Å². The quantitative estimate of drug-likeness (QED) is 0.234. The minimum Gasteiger partial charge on any atom is -0.493 e. The van der Waals surface area contributed by atoms with Crippen LogP contribution < -0.4 is 14.4 Å². The minimum absolute atomic E-state index is 0.00232. The van der Waals surface area contributed by atoms with Gasteiger partial charge in [-0.3, -0.25) is 9.59 Å². The highest BCUT2D eigenvalue weighted by Crippen LogP contribution is 2.44. The second kappa shape index (κ2) is 13.4. The van der Waals surface area contributed by atoms with Crippen molar-refractivity contribution in [3.63, 3.8) is 0 Å². The van der Waals surface area contributed by atoms with Gasteiger partial charge in [-0.25, -0.2) is 0 Å². The fraction of sp³-hybridized carbons (Fsp3) is 0.444. The molecule has 0 spiro atoms. The number of amides is 2. The molecule has 1 aliphatic heterocycles. The molecule has 3 aromatic carbocycles. The van der Waals surface area contributed by atoms with Gasteiger partial charge in [0, 0.05) is 23.2 Å². The first-order chi connectivity index (χ1) is 20.7. The monoisotopic (exact) mass is 602 g/mol. The summed E-state index contributed by atoms with van der Waals surface area (Å²) >= 11 is 6.27. The van der Waals surface area contributed by atoms with Crippen LogP contribution in [0.5, 0.6) is 11.5 Å². The van der Waals surface area contributed by atoms with E-state index in [2.05, 4.69) is 26.0 Å². The van der Waals surface area contributed by atoms with Crippen molar-refractivity contribution in [2.75, 3.05) is 18.6 Å². The van der Waals surface area contributed by atoms with Gasteiger partial charge >= 0.3 is 0 Å². The smallest absolute Gasteiger partial charge is 0.232 e. The Kier molecular flexibility index (Phi) is 9.65. The van der Waals surface area contributed by atoms with Crippen molar-refractivity contribution >= 4 is 29.1 Å². The molecule has 0 N–H and O–H groups in total. The first kappa shape index (κ1) is 30.9. The number of methoxy groups -OCH3 is 1. The highest BCUT2D eigenvalue weighted by atomic mass is 35.5. The number of halogens is 1. The van der Waals surface area contributed by atoms with E-state index in [1.165, 1.54) is 0 Å². The molecule has 1 saturated carbocycles. The maximum atomic E-state index is 13.9. The highest BCUT2D eigenvalue weighted by molar-refractivity contribution is 6.30. The van der Waals surface area contributed by atoms with E-state index in [-0.39, 0.29) is 42.3 Å². The first-order valence-electron chi connectivity index (χ1n) is 15.6. The summed E-state index contributed by atoms with van der Waals surface area (Å²) in [6.07, 6.45) is 5.37. The lowest BCUT2D eigenvalue weighted by Gasteiger charge is -2.38. The predicted molar refractivity (Wildman–Crippen MR) is 172 cm³/mol. The molecule has 3 atom stereocenters. The van der Waals surface area contributed by atoms with E-state index in [4.69, 9.17) is 21.1 Å². The minimum atomic E-state index is -0.377. The molecule has 43 heavy (non-hydrogen) atoms. The van der Waals surface area contributed by atoms with Crippen molar-refractivity contribution in [3.8, 4) is 11.5 Å². The molecule has 0 radical (unpaired) electrons. The van der Waals surface area contributed by atoms with E-state index in [0.717, 1.165) is 60.0 Å². The number of hydrogen-bond donors (Lipinski definition) is 0. The Morgan fingerprint density at radius 2 is 1.67 bits per heavy atom. The topological polar surface area (TPSA) is 59.1 Å². The maximum Gasteiger partial charge on any atom is 0.232 e. The molecule has 1 aliphatic carbocycles. The zero-order valence-electron chi connectivity index (χ0n) is 25.9. The molecule has 6 nitrogen and oxygen atoms in total. The number of carbonyl (C=O) groups excluding carboxylic acids is 2. The molecule has 3 aromatic rings. The third-order valence-corrected chi connectivity index (χ3v) is 9.38. The third-order valence-electron chi connectivity index (χ3n) is 9.13. The summed E-state index contributed by atoms with van der Waals surface area (Å²) in [5.74, 6) is 1.69. The summed E-state index contributed by atoms with van der Waals surface area (Å²) in [5.41, 5.74) is 4.73. The summed E-state index contributed by atoms with van der Waals surface area (Å²) in [4.78, 5) is 31.1. The van der Waals surface area contributed by atoms with E-state index < -0.39 is 0 Å². The predicted octanol–water partition coefficient (Wildman–Crippen LogP) is 8.30. The lowest BCUT2D eigenvalue weighted by Crippen LogP contribution is -2.41. The van der Waals surface area contributed by atoms with Crippen LogP contribution in [0.25, 0.3) is 0 Å². The average Bonchev–Trinajstić information content (AvgIpc) is 3.56. The fourth-order valence-electron chi connectivity index (χ4n) is 6.50. The van der Waals surface area contributed by atoms with E-state index in [9.17, 15) is 9.59 Å². The zero-order chi connectivity index (χ0) is 30.7. The average molecular weight is 603 g/mol. The van der Waals surface area contributed by atoms with Gasteiger partial charge in [0.05, 0.1) is 31.7 Å². The normalized spacial score (nSPS) is 18.2. The molecule has 2 amide bonds. The van der Waals surface area contributed by atoms with Crippen LogP contribution in [-0.2, 0) is 16.0 Å². The lowest BCUT2D eigenvalue weighted by atomic mass is 9.86. The number of benzene rings is 3. The van der Waals surface area contributed by atoms with Gasteiger partial charge in [0.25, 0.3) is 0 Å². The molecule has 1 fully saturated rings. The zero-order valence-corrected chi connectivity index (χ0v) is 26.7. The lowest BCUT2D eigenvalue weighted by molar-refractivity contribution is -0.137. The summed E-state index contributed by atoms with van der Waals surface area (Å²) in [7, 11) is 1.63. The van der Waals surface area contributed by atoms with Crippen LogP contribution in [-0.4, -0.2) is 36.5 Å². The molecule has 2 aliphatic rings. The van der Waals surface area contributed by atoms with Crippen molar-refractivity contribution in [2.45, 2.75) is 84.4 Å². The van der Waals surface area contributed by atoms with Crippen LogP contribution in [0.4, 0.5) is 5.69 Å². The van der Waals surface area contributed by atoms with E-state index in [1.54, 1.807) is 7.11 Å². The van der Waals surface area contributed by atoms with Gasteiger partial charge in [-0.05, 0) is 98.7 Å².